The molecule has 1 aliphatic rings. The van der Waals surface area contributed by atoms with Crippen molar-refractivity contribution in [3.05, 3.63) is 27.8 Å². The Morgan fingerprint density at radius 2 is 2.31 bits per heavy atom. The van der Waals surface area contributed by atoms with Gasteiger partial charge in [-0.25, -0.2) is 0 Å². The third-order valence-corrected chi connectivity index (χ3v) is 2.59. The van der Waals surface area contributed by atoms with Crippen LogP contribution in [0, 0.1) is 10.1 Å². The van der Waals surface area contributed by atoms with Gasteiger partial charge in [-0.2, -0.15) is 0 Å². The molecule has 1 heterocycles. The molecule has 6 heteroatoms. The van der Waals surface area contributed by atoms with Crippen molar-refractivity contribution >= 4 is 5.69 Å². The first-order chi connectivity index (χ1) is 7.63. The number of benzene rings is 1. The molecule has 1 unspecified atom stereocenters. The molecule has 0 fully saturated rings. The predicted octanol–water partition coefficient (Wildman–Crippen LogP) is 1.39. The Hall–Kier alpha value is -1.82. The highest BCUT2D eigenvalue weighted by molar-refractivity contribution is 5.59. The summed E-state index contributed by atoms with van der Waals surface area (Å²) in [5.41, 5.74) is 6.26. The molecule has 0 aliphatic carbocycles. The number of nitro groups is 1. The van der Waals surface area contributed by atoms with Gasteiger partial charge in [-0.1, -0.05) is 6.92 Å². The summed E-state index contributed by atoms with van der Waals surface area (Å²) in [6.45, 7) is 2.36. The molecule has 0 saturated carbocycles. The van der Waals surface area contributed by atoms with Crippen LogP contribution in [0.1, 0.15) is 18.4 Å². The second-order valence-corrected chi connectivity index (χ2v) is 3.67. The monoisotopic (exact) mass is 224 g/mol. The van der Waals surface area contributed by atoms with Crippen molar-refractivity contribution in [2.24, 2.45) is 5.73 Å². The lowest BCUT2D eigenvalue weighted by Crippen LogP contribution is -2.09. The maximum Gasteiger partial charge on any atom is 0.315 e. The van der Waals surface area contributed by atoms with Crippen molar-refractivity contribution in [2.45, 2.75) is 12.8 Å². The SMILES string of the molecule is CC(CN)c1cc2c(c([N+](=O)[O-])c1)OCO2. The number of ether oxygens (including phenoxy) is 2. The summed E-state index contributed by atoms with van der Waals surface area (Å²) in [5.74, 6) is 0.677. The van der Waals surface area contributed by atoms with Gasteiger partial charge in [0.1, 0.15) is 0 Å². The van der Waals surface area contributed by atoms with Crippen molar-refractivity contribution in [3.8, 4) is 11.5 Å². The number of nitro benzene ring substituents is 1. The van der Waals surface area contributed by atoms with Gasteiger partial charge in [0.15, 0.2) is 5.75 Å². The van der Waals surface area contributed by atoms with Gasteiger partial charge in [0, 0.05) is 6.07 Å². The van der Waals surface area contributed by atoms with E-state index in [0.29, 0.717) is 12.3 Å². The quantitative estimate of drug-likeness (QED) is 0.619. The Labute approximate surface area is 92.1 Å². The number of hydrogen-bond acceptors (Lipinski definition) is 5. The molecule has 1 aromatic rings. The number of rotatable bonds is 3. The minimum absolute atomic E-state index is 0.0244. The Bertz CT molecular complexity index is 433. The van der Waals surface area contributed by atoms with Crippen LogP contribution in [0.3, 0.4) is 0 Å². The second-order valence-electron chi connectivity index (χ2n) is 3.67. The van der Waals surface area contributed by atoms with Crippen molar-refractivity contribution < 1.29 is 14.4 Å². The second kappa shape index (κ2) is 3.97. The molecule has 1 aromatic carbocycles. The molecule has 1 atom stereocenters. The van der Waals surface area contributed by atoms with Crippen molar-refractivity contribution in [1.29, 1.82) is 0 Å². The summed E-state index contributed by atoms with van der Waals surface area (Å²) >= 11 is 0. The van der Waals surface area contributed by atoms with Crippen molar-refractivity contribution in [2.75, 3.05) is 13.3 Å². The van der Waals surface area contributed by atoms with Crippen molar-refractivity contribution in [3.63, 3.8) is 0 Å². The predicted molar refractivity (Wildman–Crippen MR) is 56.7 cm³/mol. The van der Waals surface area contributed by atoms with Gasteiger partial charge in [-0.3, -0.25) is 10.1 Å². The standard InChI is InChI=1S/C10H12N2O4/c1-6(4-11)7-2-8(12(13)14)10-9(3-7)15-5-16-10/h2-3,6H,4-5,11H2,1H3. The van der Waals surface area contributed by atoms with Crippen LogP contribution < -0.4 is 15.2 Å². The molecule has 2 rings (SSSR count). The van der Waals surface area contributed by atoms with E-state index >= 15 is 0 Å². The zero-order valence-corrected chi connectivity index (χ0v) is 8.80. The molecule has 0 amide bonds. The highest BCUT2D eigenvalue weighted by Crippen LogP contribution is 2.42. The van der Waals surface area contributed by atoms with Gasteiger partial charge >= 0.3 is 5.69 Å². The van der Waals surface area contributed by atoms with Crippen molar-refractivity contribution in [1.82, 2.24) is 0 Å². The molecule has 16 heavy (non-hydrogen) atoms. The molecule has 0 radical (unpaired) electrons. The van der Waals surface area contributed by atoms with Crippen LogP contribution in [0.5, 0.6) is 11.5 Å². The minimum atomic E-state index is -0.472. The fourth-order valence-electron chi connectivity index (χ4n) is 1.57. The molecule has 1 aliphatic heterocycles. The summed E-state index contributed by atoms with van der Waals surface area (Å²) in [5, 5.41) is 10.9. The van der Waals surface area contributed by atoms with Crippen LogP contribution in [0.4, 0.5) is 5.69 Å². The Morgan fingerprint density at radius 3 is 2.94 bits per heavy atom. The molecular weight excluding hydrogens is 212 g/mol. The molecule has 0 saturated heterocycles. The summed E-state index contributed by atoms with van der Waals surface area (Å²) in [6, 6.07) is 3.23. The topological polar surface area (TPSA) is 87.6 Å². The molecule has 0 spiro atoms. The van der Waals surface area contributed by atoms with Gasteiger partial charge in [-0.15, -0.1) is 0 Å². The summed E-state index contributed by atoms with van der Waals surface area (Å²) in [6.07, 6.45) is 0. The lowest BCUT2D eigenvalue weighted by Gasteiger charge is -2.09. The van der Waals surface area contributed by atoms with Gasteiger partial charge in [0.25, 0.3) is 0 Å². The van der Waals surface area contributed by atoms with Crippen LogP contribution in [0.25, 0.3) is 0 Å². The summed E-state index contributed by atoms with van der Waals surface area (Å²) < 4.78 is 10.2. The fourth-order valence-corrected chi connectivity index (χ4v) is 1.57. The van der Waals surface area contributed by atoms with Crippen LogP contribution in [-0.4, -0.2) is 18.3 Å². The Morgan fingerprint density at radius 1 is 1.56 bits per heavy atom. The van der Waals surface area contributed by atoms with Crippen LogP contribution in [0.2, 0.25) is 0 Å². The lowest BCUT2D eigenvalue weighted by molar-refractivity contribution is -0.385. The maximum atomic E-state index is 10.9. The van der Waals surface area contributed by atoms with Crippen LogP contribution in [0.15, 0.2) is 12.1 Å². The molecule has 0 aromatic heterocycles. The summed E-state index contributed by atoms with van der Waals surface area (Å²) in [4.78, 5) is 10.4. The van der Waals surface area contributed by atoms with E-state index in [9.17, 15) is 10.1 Å². The van der Waals surface area contributed by atoms with Gasteiger partial charge < -0.3 is 15.2 Å². The third kappa shape index (κ3) is 1.67. The molecule has 86 valence electrons. The van der Waals surface area contributed by atoms with Crippen LogP contribution in [-0.2, 0) is 0 Å². The third-order valence-electron chi connectivity index (χ3n) is 2.59. The number of hydrogen-bond donors (Lipinski definition) is 1. The van der Waals surface area contributed by atoms with E-state index in [1.807, 2.05) is 6.92 Å². The normalized spacial score (nSPS) is 14.9. The van der Waals surface area contributed by atoms with E-state index < -0.39 is 4.92 Å². The highest BCUT2D eigenvalue weighted by Gasteiger charge is 2.27. The fraction of sp³-hybridized carbons (Fsp3) is 0.400. The largest absolute Gasteiger partial charge is 0.453 e. The molecule has 2 N–H and O–H groups in total. The smallest absolute Gasteiger partial charge is 0.315 e. The first kappa shape index (κ1) is 10.7. The average molecular weight is 224 g/mol. The summed E-state index contributed by atoms with van der Waals surface area (Å²) in [7, 11) is 0. The van der Waals surface area contributed by atoms with Gasteiger partial charge in [-0.05, 0) is 24.1 Å². The Balaban J connectivity index is 2.51. The zero-order chi connectivity index (χ0) is 11.7. The van der Waals surface area contributed by atoms with E-state index in [0.717, 1.165) is 5.56 Å². The van der Waals surface area contributed by atoms with E-state index in [1.54, 1.807) is 6.07 Å². The average Bonchev–Trinajstić information content (AvgIpc) is 2.74. The Kier molecular flexibility index (Phi) is 2.66. The van der Waals surface area contributed by atoms with E-state index in [2.05, 4.69) is 0 Å². The van der Waals surface area contributed by atoms with Crippen LogP contribution >= 0.6 is 0 Å². The number of nitrogens with two attached hydrogens (primary N) is 1. The van der Waals surface area contributed by atoms with Gasteiger partial charge in [0.05, 0.1) is 4.92 Å². The van der Waals surface area contributed by atoms with E-state index in [4.69, 9.17) is 15.2 Å². The molecular formula is C10H12N2O4. The molecule has 0 bridgehead atoms. The maximum absolute atomic E-state index is 10.9. The number of nitrogens with zero attached hydrogens (tertiary/aromatic N) is 1. The highest BCUT2D eigenvalue weighted by atomic mass is 16.7. The lowest BCUT2D eigenvalue weighted by atomic mass is 10.00. The first-order valence-electron chi connectivity index (χ1n) is 4.91. The minimum Gasteiger partial charge on any atom is -0.453 e. The van der Waals surface area contributed by atoms with Gasteiger partial charge in [0.2, 0.25) is 12.5 Å². The molecule has 6 nitrogen and oxygen atoms in total. The zero-order valence-electron chi connectivity index (χ0n) is 8.80. The first-order valence-corrected chi connectivity index (χ1v) is 4.91. The number of fused-ring (bicyclic) bond motifs is 1. The van der Waals surface area contributed by atoms with E-state index in [-0.39, 0.29) is 24.1 Å². The van der Waals surface area contributed by atoms with E-state index in [1.165, 1.54) is 6.07 Å².